The maximum atomic E-state index is 12.8. The summed E-state index contributed by atoms with van der Waals surface area (Å²) in [6.45, 7) is 4.04. The number of fused-ring (bicyclic) bond motifs is 2. The minimum atomic E-state index is -3.51. The molecule has 0 amide bonds. The molecule has 1 aromatic rings. The van der Waals surface area contributed by atoms with Crippen molar-refractivity contribution in [3.63, 3.8) is 0 Å². The Morgan fingerprint density at radius 1 is 1.19 bits per heavy atom. The van der Waals surface area contributed by atoms with Gasteiger partial charge >= 0.3 is 0 Å². The lowest BCUT2D eigenvalue weighted by Gasteiger charge is -2.22. The Hall–Kier alpha value is -0.850. The van der Waals surface area contributed by atoms with E-state index in [4.69, 9.17) is 4.42 Å². The first-order valence-corrected chi connectivity index (χ1v) is 9.16. The smallest absolute Gasteiger partial charge is 0.244 e. The predicted molar refractivity (Wildman–Crippen MR) is 80.5 cm³/mol. The summed E-state index contributed by atoms with van der Waals surface area (Å²) in [5.41, 5.74) is 0.741. The van der Waals surface area contributed by atoms with E-state index < -0.39 is 10.0 Å². The van der Waals surface area contributed by atoms with Crippen molar-refractivity contribution in [2.24, 2.45) is 11.8 Å². The average molecular weight is 312 g/mol. The molecular formula is C15H24N2O3S. The van der Waals surface area contributed by atoms with Crippen LogP contribution in [0.1, 0.15) is 42.8 Å². The predicted octanol–water partition coefficient (Wildman–Crippen LogP) is 2.08. The van der Waals surface area contributed by atoms with Crippen molar-refractivity contribution in [3.8, 4) is 0 Å². The molecule has 0 spiro atoms. The molecule has 1 aromatic heterocycles. The van der Waals surface area contributed by atoms with E-state index in [1.165, 1.54) is 12.8 Å². The van der Waals surface area contributed by atoms with Gasteiger partial charge in [0, 0.05) is 18.2 Å². The van der Waals surface area contributed by atoms with Crippen molar-refractivity contribution in [2.45, 2.75) is 57.0 Å². The maximum absolute atomic E-state index is 12.8. The quantitative estimate of drug-likeness (QED) is 0.873. The van der Waals surface area contributed by atoms with Crippen molar-refractivity contribution >= 4 is 10.0 Å². The summed E-state index contributed by atoms with van der Waals surface area (Å²) >= 11 is 0. The van der Waals surface area contributed by atoms with Crippen LogP contribution in [0.5, 0.6) is 0 Å². The molecule has 1 heterocycles. The number of furan rings is 1. The van der Waals surface area contributed by atoms with E-state index in [1.54, 1.807) is 6.92 Å². The van der Waals surface area contributed by atoms with Gasteiger partial charge in [-0.15, -0.1) is 0 Å². The molecule has 3 rings (SSSR count). The van der Waals surface area contributed by atoms with Crippen LogP contribution in [0.3, 0.4) is 0 Å². The first-order chi connectivity index (χ1) is 9.92. The molecule has 21 heavy (non-hydrogen) atoms. The van der Waals surface area contributed by atoms with Crippen LogP contribution in [0.25, 0.3) is 0 Å². The largest absolute Gasteiger partial charge is 0.465 e. The van der Waals surface area contributed by atoms with E-state index in [1.807, 2.05) is 14.0 Å². The Labute approximate surface area is 126 Å². The fourth-order valence-electron chi connectivity index (χ4n) is 4.09. The van der Waals surface area contributed by atoms with Crippen LogP contribution >= 0.6 is 0 Å². The zero-order valence-corrected chi connectivity index (χ0v) is 13.7. The Morgan fingerprint density at radius 3 is 2.52 bits per heavy atom. The SMILES string of the molecule is CNCc1c(C)oc(C)c1S(=O)(=O)NC1CC2CCC1C2. The van der Waals surface area contributed by atoms with Crippen LogP contribution in [0.2, 0.25) is 0 Å². The average Bonchev–Trinajstić information content (AvgIpc) is 3.05. The van der Waals surface area contributed by atoms with Crippen molar-refractivity contribution < 1.29 is 12.8 Å². The molecule has 3 atom stereocenters. The molecule has 0 aliphatic heterocycles. The van der Waals surface area contributed by atoms with Gasteiger partial charge in [0.1, 0.15) is 16.4 Å². The zero-order chi connectivity index (χ0) is 15.2. The highest BCUT2D eigenvalue weighted by atomic mass is 32.2. The lowest BCUT2D eigenvalue weighted by Crippen LogP contribution is -2.39. The summed E-state index contributed by atoms with van der Waals surface area (Å²) in [6, 6.07) is 0.103. The van der Waals surface area contributed by atoms with Gasteiger partial charge in [0.15, 0.2) is 0 Å². The van der Waals surface area contributed by atoms with E-state index in [2.05, 4.69) is 10.0 Å². The van der Waals surface area contributed by atoms with Crippen LogP contribution in [0.15, 0.2) is 9.31 Å². The molecule has 2 aliphatic carbocycles. The van der Waals surface area contributed by atoms with Gasteiger partial charge in [-0.05, 0) is 52.0 Å². The van der Waals surface area contributed by atoms with E-state index in [-0.39, 0.29) is 6.04 Å². The van der Waals surface area contributed by atoms with Crippen molar-refractivity contribution in [1.29, 1.82) is 0 Å². The molecule has 2 fully saturated rings. The molecule has 0 saturated heterocycles. The fourth-order valence-corrected chi connectivity index (χ4v) is 5.86. The molecule has 2 N–H and O–H groups in total. The third-order valence-electron chi connectivity index (χ3n) is 4.99. The standard InChI is InChI=1S/C15H24N2O3S/c1-9-13(8-16-3)15(10(2)20-9)21(18,19)17-14-7-11-4-5-12(14)6-11/h11-12,14,16-17H,4-8H2,1-3H3. The number of hydrogen-bond acceptors (Lipinski definition) is 4. The lowest BCUT2D eigenvalue weighted by atomic mass is 9.96. The summed E-state index contributed by atoms with van der Waals surface area (Å²) in [6.07, 6.45) is 4.59. The summed E-state index contributed by atoms with van der Waals surface area (Å²) in [5.74, 6) is 2.39. The number of rotatable bonds is 5. The van der Waals surface area contributed by atoms with Gasteiger partial charge in [-0.1, -0.05) is 6.42 Å². The highest BCUT2D eigenvalue weighted by molar-refractivity contribution is 7.89. The van der Waals surface area contributed by atoms with Gasteiger partial charge in [-0.2, -0.15) is 0 Å². The monoisotopic (exact) mass is 312 g/mol. The topological polar surface area (TPSA) is 71.3 Å². The third kappa shape index (κ3) is 2.64. The molecular weight excluding hydrogens is 288 g/mol. The normalized spacial score (nSPS) is 28.4. The van der Waals surface area contributed by atoms with Crippen LogP contribution in [-0.4, -0.2) is 21.5 Å². The van der Waals surface area contributed by atoms with Crippen LogP contribution < -0.4 is 10.0 Å². The van der Waals surface area contributed by atoms with Gasteiger partial charge < -0.3 is 9.73 Å². The number of aryl methyl sites for hydroxylation is 2. The molecule has 3 unspecified atom stereocenters. The summed E-state index contributed by atoms with van der Waals surface area (Å²) in [4.78, 5) is 0.331. The van der Waals surface area contributed by atoms with Gasteiger partial charge in [-0.3, -0.25) is 0 Å². The summed E-state index contributed by atoms with van der Waals surface area (Å²) in [5, 5.41) is 3.02. The molecule has 5 nitrogen and oxygen atoms in total. The zero-order valence-electron chi connectivity index (χ0n) is 12.9. The van der Waals surface area contributed by atoms with E-state index in [0.29, 0.717) is 34.8 Å². The van der Waals surface area contributed by atoms with E-state index in [0.717, 1.165) is 18.4 Å². The van der Waals surface area contributed by atoms with E-state index in [9.17, 15) is 8.42 Å². The Morgan fingerprint density at radius 2 is 1.95 bits per heavy atom. The van der Waals surface area contributed by atoms with Gasteiger partial charge in [0.2, 0.25) is 10.0 Å². The lowest BCUT2D eigenvalue weighted by molar-refractivity contribution is 0.389. The first kappa shape index (κ1) is 15.1. The summed E-state index contributed by atoms with van der Waals surface area (Å²) < 4.78 is 34.1. The number of sulfonamides is 1. The second-order valence-corrected chi connectivity index (χ2v) is 8.11. The van der Waals surface area contributed by atoms with Gasteiger partial charge in [0.25, 0.3) is 0 Å². The van der Waals surface area contributed by atoms with Crippen molar-refractivity contribution in [1.82, 2.24) is 10.0 Å². The molecule has 2 saturated carbocycles. The van der Waals surface area contributed by atoms with Gasteiger partial charge in [-0.25, -0.2) is 13.1 Å². The number of nitrogens with one attached hydrogen (secondary N) is 2. The summed E-state index contributed by atoms with van der Waals surface area (Å²) in [7, 11) is -1.71. The fraction of sp³-hybridized carbons (Fsp3) is 0.733. The Balaban J connectivity index is 1.88. The highest BCUT2D eigenvalue weighted by Crippen LogP contribution is 2.45. The second kappa shape index (κ2) is 5.41. The molecule has 0 aromatic carbocycles. The Bertz CT molecular complexity index is 636. The van der Waals surface area contributed by atoms with Gasteiger partial charge in [0.05, 0.1) is 0 Å². The first-order valence-electron chi connectivity index (χ1n) is 7.68. The minimum absolute atomic E-state index is 0.103. The number of hydrogen-bond donors (Lipinski definition) is 2. The van der Waals surface area contributed by atoms with Crippen LogP contribution in [0.4, 0.5) is 0 Å². The highest BCUT2D eigenvalue weighted by Gasteiger charge is 2.42. The van der Waals surface area contributed by atoms with Crippen molar-refractivity contribution in [3.05, 3.63) is 17.1 Å². The third-order valence-corrected chi connectivity index (χ3v) is 6.68. The molecule has 0 radical (unpaired) electrons. The van der Waals surface area contributed by atoms with E-state index >= 15 is 0 Å². The molecule has 2 bridgehead atoms. The Kier molecular flexibility index (Phi) is 3.88. The minimum Gasteiger partial charge on any atom is -0.465 e. The molecule has 2 aliphatic rings. The second-order valence-electron chi connectivity index (χ2n) is 6.46. The maximum Gasteiger partial charge on any atom is 0.244 e. The van der Waals surface area contributed by atoms with Crippen LogP contribution in [-0.2, 0) is 16.6 Å². The van der Waals surface area contributed by atoms with Crippen LogP contribution in [0, 0.1) is 25.7 Å². The van der Waals surface area contributed by atoms with Crippen molar-refractivity contribution in [2.75, 3.05) is 7.05 Å². The molecule has 118 valence electrons. The molecule has 6 heteroatoms.